The summed E-state index contributed by atoms with van der Waals surface area (Å²) in [5.74, 6) is -0.278. The first-order valence-corrected chi connectivity index (χ1v) is 17.1. The van der Waals surface area contributed by atoms with E-state index in [1.807, 2.05) is 24.3 Å². The van der Waals surface area contributed by atoms with Gasteiger partial charge < -0.3 is 14.4 Å². The summed E-state index contributed by atoms with van der Waals surface area (Å²) in [5, 5.41) is 2.33. The lowest BCUT2D eigenvalue weighted by atomic mass is 9.86. The van der Waals surface area contributed by atoms with Gasteiger partial charge in [0.2, 0.25) is 0 Å². The highest BCUT2D eigenvalue weighted by atomic mass is 19.1. The Balaban J connectivity index is 1.30. The number of anilines is 6. The van der Waals surface area contributed by atoms with E-state index >= 15 is 0 Å². The smallest absolute Gasteiger partial charge is 0.125 e. The first-order chi connectivity index (χ1) is 24.3. The molecule has 0 spiro atoms. The van der Waals surface area contributed by atoms with Gasteiger partial charge in [-0.1, -0.05) is 87.5 Å². The number of rotatable bonds is 7. The molecular formula is C46H38FN3. The molecule has 0 fully saturated rings. The van der Waals surface area contributed by atoms with Gasteiger partial charge in [0.05, 0.1) is 11.0 Å². The number of hydrogen-bond acceptors (Lipinski definition) is 2. The van der Waals surface area contributed by atoms with Gasteiger partial charge in [0.25, 0.3) is 0 Å². The van der Waals surface area contributed by atoms with Crippen LogP contribution in [-0.4, -0.2) is 4.57 Å². The molecule has 0 N–H and O–H groups in total. The zero-order valence-corrected chi connectivity index (χ0v) is 28.5. The van der Waals surface area contributed by atoms with E-state index in [2.05, 4.69) is 169 Å². The molecule has 0 saturated heterocycles. The van der Waals surface area contributed by atoms with Gasteiger partial charge in [0.1, 0.15) is 5.82 Å². The topological polar surface area (TPSA) is 11.4 Å². The normalized spacial score (nSPS) is 11.6. The van der Waals surface area contributed by atoms with Crippen molar-refractivity contribution in [3.8, 4) is 5.69 Å². The van der Waals surface area contributed by atoms with Crippen LogP contribution >= 0.6 is 0 Å². The molecule has 1 heterocycles. The van der Waals surface area contributed by atoms with Crippen LogP contribution in [0.15, 0.2) is 176 Å². The lowest BCUT2D eigenvalue weighted by Gasteiger charge is -2.28. The molecule has 0 radical (unpaired) electrons. The quantitative estimate of drug-likeness (QED) is 0.170. The Labute approximate surface area is 293 Å². The van der Waals surface area contributed by atoms with Gasteiger partial charge in [-0.05, 0) is 120 Å². The second-order valence-electron chi connectivity index (χ2n) is 13.7. The number of halogens is 1. The maximum atomic E-state index is 14.9. The summed E-state index contributed by atoms with van der Waals surface area (Å²) in [6.07, 6.45) is 0. The highest BCUT2D eigenvalue weighted by Crippen LogP contribution is 2.42. The molecule has 3 nitrogen and oxygen atoms in total. The van der Waals surface area contributed by atoms with Crippen LogP contribution in [0.1, 0.15) is 26.3 Å². The van der Waals surface area contributed by atoms with Crippen LogP contribution < -0.4 is 9.80 Å². The van der Waals surface area contributed by atoms with Crippen LogP contribution in [-0.2, 0) is 5.41 Å². The average Bonchev–Trinajstić information content (AvgIpc) is 3.47. The molecule has 8 aromatic rings. The van der Waals surface area contributed by atoms with Crippen molar-refractivity contribution in [1.29, 1.82) is 0 Å². The minimum Gasteiger partial charge on any atom is -0.311 e. The highest BCUT2D eigenvalue weighted by molar-refractivity contribution is 6.11. The van der Waals surface area contributed by atoms with E-state index in [1.54, 1.807) is 12.1 Å². The SMILES string of the molecule is CC(C)(C)c1ccc2c(c1)c1cc(N(c3ccc(N(c4ccccc4)c4ccccc4)cc3)c3cccc(F)c3)ccc1n2-c1ccccc1. The maximum absolute atomic E-state index is 14.9. The molecule has 0 bridgehead atoms. The van der Waals surface area contributed by atoms with E-state index in [-0.39, 0.29) is 11.2 Å². The summed E-state index contributed by atoms with van der Waals surface area (Å²) < 4.78 is 17.2. The number of benzene rings is 7. The van der Waals surface area contributed by atoms with E-state index in [4.69, 9.17) is 0 Å². The third kappa shape index (κ3) is 5.79. The maximum Gasteiger partial charge on any atom is 0.125 e. The number of aromatic nitrogens is 1. The van der Waals surface area contributed by atoms with Crippen molar-refractivity contribution in [1.82, 2.24) is 4.57 Å². The number of hydrogen-bond donors (Lipinski definition) is 0. The van der Waals surface area contributed by atoms with Crippen LogP contribution in [0.25, 0.3) is 27.5 Å². The summed E-state index contributed by atoms with van der Waals surface area (Å²) in [6.45, 7) is 6.76. The molecule has 0 saturated carbocycles. The summed E-state index contributed by atoms with van der Waals surface area (Å²) >= 11 is 0. The fraction of sp³-hybridized carbons (Fsp3) is 0.0870. The van der Waals surface area contributed by atoms with E-state index in [0.29, 0.717) is 0 Å². The van der Waals surface area contributed by atoms with Crippen molar-refractivity contribution < 1.29 is 4.39 Å². The van der Waals surface area contributed by atoms with E-state index < -0.39 is 0 Å². The Hall–Kier alpha value is -6.13. The fourth-order valence-electron chi connectivity index (χ4n) is 6.89. The summed E-state index contributed by atoms with van der Waals surface area (Å²) in [7, 11) is 0. The van der Waals surface area contributed by atoms with E-state index in [1.165, 1.54) is 17.0 Å². The third-order valence-electron chi connectivity index (χ3n) is 9.35. The molecular weight excluding hydrogens is 614 g/mol. The summed E-state index contributed by atoms with van der Waals surface area (Å²) in [6, 6.07) is 60.0. The lowest BCUT2D eigenvalue weighted by molar-refractivity contribution is 0.591. The van der Waals surface area contributed by atoms with Crippen molar-refractivity contribution in [2.75, 3.05) is 9.80 Å². The van der Waals surface area contributed by atoms with Gasteiger partial charge in [0, 0.05) is 50.6 Å². The molecule has 50 heavy (non-hydrogen) atoms. The van der Waals surface area contributed by atoms with Crippen LogP contribution in [0, 0.1) is 5.82 Å². The standard InChI is InChI=1S/C46H38FN3/c1-46(2,3)33-22-28-44-42(30-33)43-32-41(27-29-45(43)50(44)37-19-11-6-12-20-37)49(40-21-13-14-34(47)31-40)39-25-23-38(24-26-39)48(35-15-7-4-8-16-35)36-17-9-5-10-18-36/h4-32H,1-3H3. The molecule has 7 aromatic carbocycles. The first kappa shape index (κ1) is 31.2. The van der Waals surface area contributed by atoms with Crippen molar-refractivity contribution in [3.63, 3.8) is 0 Å². The van der Waals surface area contributed by atoms with Crippen LogP contribution in [0.5, 0.6) is 0 Å². The van der Waals surface area contributed by atoms with Crippen LogP contribution in [0.2, 0.25) is 0 Å². The van der Waals surface area contributed by atoms with Crippen molar-refractivity contribution in [2.45, 2.75) is 26.2 Å². The predicted octanol–water partition coefficient (Wildman–Crippen LogP) is 13.2. The van der Waals surface area contributed by atoms with Crippen molar-refractivity contribution in [3.05, 3.63) is 187 Å². The Kier molecular flexibility index (Phi) is 7.93. The van der Waals surface area contributed by atoms with Crippen LogP contribution in [0.4, 0.5) is 38.5 Å². The number of fused-ring (bicyclic) bond motifs is 3. The Morgan fingerprint density at radius 2 is 0.860 bits per heavy atom. The van der Waals surface area contributed by atoms with Crippen molar-refractivity contribution >= 4 is 55.9 Å². The molecule has 0 aliphatic rings. The lowest BCUT2D eigenvalue weighted by Crippen LogP contribution is -2.12. The monoisotopic (exact) mass is 651 g/mol. The van der Waals surface area contributed by atoms with Gasteiger partial charge in [-0.3, -0.25) is 0 Å². The van der Waals surface area contributed by atoms with Crippen LogP contribution in [0.3, 0.4) is 0 Å². The van der Waals surface area contributed by atoms with E-state index in [9.17, 15) is 4.39 Å². The average molecular weight is 652 g/mol. The molecule has 4 heteroatoms. The van der Waals surface area contributed by atoms with Gasteiger partial charge >= 0.3 is 0 Å². The molecule has 0 atom stereocenters. The predicted molar refractivity (Wildman–Crippen MR) is 209 cm³/mol. The Morgan fingerprint density at radius 3 is 1.42 bits per heavy atom. The van der Waals surface area contributed by atoms with Gasteiger partial charge in [0.15, 0.2) is 0 Å². The minimum atomic E-state index is -0.278. The second kappa shape index (κ2) is 12.7. The molecule has 1 aromatic heterocycles. The minimum absolute atomic E-state index is 0.00427. The van der Waals surface area contributed by atoms with Gasteiger partial charge in [-0.2, -0.15) is 0 Å². The summed E-state index contributed by atoms with van der Waals surface area (Å²) in [5.41, 5.74) is 10.5. The third-order valence-corrected chi connectivity index (χ3v) is 9.35. The highest BCUT2D eigenvalue weighted by Gasteiger charge is 2.21. The van der Waals surface area contributed by atoms with E-state index in [0.717, 1.165) is 56.2 Å². The zero-order chi connectivity index (χ0) is 34.2. The molecule has 0 aliphatic carbocycles. The molecule has 8 rings (SSSR count). The Bertz CT molecular complexity index is 2370. The molecule has 0 unspecified atom stereocenters. The number of nitrogens with zero attached hydrogens (tertiary/aromatic N) is 3. The molecule has 0 aliphatic heterocycles. The largest absolute Gasteiger partial charge is 0.311 e. The fourth-order valence-corrected chi connectivity index (χ4v) is 6.89. The summed E-state index contributed by atoms with van der Waals surface area (Å²) in [4.78, 5) is 4.38. The van der Waals surface area contributed by atoms with Crippen molar-refractivity contribution in [2.24, 2.45) is 0 Å². The van der Waals surface area contributed by atoms with Gasteiger partial charge in [-0.25, -0.2) is 4.39 Å². The van der Waals surface area contributed by atoms with Gasteiger partial charge in [-0.15, -0.1) is 0 Å². The second-order valence-corrected chi connectivity index (χ2v) is 13.7. The number of para-hydroxylation sites is 3. The zero-order valence-electron chi connectivity index (χ0n) is 28.5. The molecule has 244 valence electrons. The first-order valence-electron chi connectivity index (χ1n) is 17.1. The Morgan fingerprint density at radius 1 is 0.420 bits per heavy atom. The molecule has 0 amide bonds.